The molecule has 2 fully saturated rings. The van der Waals surface area contributed by atoms with Crippen LogP contribution < -0.4 is 5.32 Å². The molecule has 3 rings (SSSR count). The minimum atomic E-state index is -0.634. The quantitative estimate of drug-likeness (QED) is 0.853. The molecule has 0 aromatic heterocycles. The lowest BCUT2D eigenvalue weighted by Crippen LogP contribution is -2.36. The zero-order valence-corrected chi connectivity index (χ0v) is 14.7. The minimum absolute atomic E-state index is 0.142. The fourth-order valence-electron chi connectivity index (χ4n) is 4.05. The first-order valence-corrected chi connectivity index (χ1v) is 9.44. The molecular formula is C20H30N2O2. The van der Waals surface area contributed by atoms with Crippen molar-refractivity contribution >= 4 is 11.7 Å². The first kappa shape index (κ1) is 17.3. The van der Waals surface area contributed by atoms with Crippen LogP contribution in [0, 0.1) is 5.92 Å². The van der Waals surface area contributed by atoms with Crippen LogP contribution in [0.2, 0.25) is 0 Å². The summed E-state index contributed by atoms with van der Waals surface area (Å²) < 4.78 is 0. The van der Waals surface area contributed by atoms with E-state index in [0.29, 0.717) is 12.1 Å². The van der Waals surface area contributed by atoms with E-state index < -0.39 is 5.97 Å². The van der Waals surface area contributed by atoms with E-state index in [1.54, 1.807) is 0 Å². The van der Waals surface area contributed by atoms with Gasteiger partial charge in [-0.2, -0.15) is 0 Å². The fraction of sp³-hybridized carbons (Fsp3) is 0.650. The summed E-state index contributed by atoms with van der Waals surface area (Å²) in [5, 5.41) is 12.6. The number of anilines is 1. The molecule has 1 atom stereocenters. The summed E-state index contributed by atoms with van der Waals surface area (Å²) in [5.41, 5.74) is 2.54. The van der Waals surface area contributed by atoms with Crippen molar-refractivity contribution < 1.29 is 9.90 Å². The molecule has 1 saturated carbocycles. The molecule has 1 aromatic carbocycles. The van der Waals surface area contributed by atoms with Crippen molar-refractivity contribution in [3.8, 4) is 0 Å². The number of hydrogen-bond acceptors (Lipinski definition) is 3. The summed E-state index contributed by atoms with van der Waals surface area (Å²) in [6, 6.07) is 9.91. The monoisotopic (exact) mass is 330 g/mol. The highest BCUT2D eigenvalue weighted by atomic mass is 16.4. The van der Waals surface area contributed by atoms with E-state index in [0.717, 1.165) is 37.9 Å². The number of aliphatic carboxylic acids is 1. The van der Waals surface area contributed by atoms with Gasteiger partial charge in [-0.1, -0.05) is 18.6 Å². The van der Waals surface area contributed by atoms with Gasteiger partial charge in [0.15, 0.2) is 0 Å². The molecule has 2 aliphatic rings. The Labute approximate surface area is 145 Å². The van der Waals surface area contributed by atoms with Crippen molar-refractivity contribution in [2.75, 3.05) is 11.9 Å². The second-order valence-electron chi connectivity index (χ2n) is 7.54. The molecule has 2 N–H and O–H groups in total. The Hall–Kier alpha value is -1.55. The number of piperidine rings is 1. The topological polar surface area (TPSA) is 52.6 Å². The largest absolute Gasteiger partial charge is 0.481 e. The average Bonchev–Trinajstić information content (AvgIpc) is 2.59. The summed E-state index contributed by atoms with van der Waals surface area (Å²) >= 11 is 0. The van der Waals surface area contributed by atoms with E-state index in [1.807, 2.05) is 0 Å². The maximum absolute atomic E-state index is 11.0. The molecule has 0 bridgehead atoms. The van der Waals surface area contributed by atoms with Crippen molar-refractivity contribution in [3.63, 3.8) is 0 Å². The van der Waals surface area contributed by atoms with Crippen molar-refractivity contribution in [1.82, 2.24) is 4.90 Å². The highest BCUT2D eigenvalue weighted by molar-refractivity contribution is 5.70. The maximum atomic E-state index is 11.0. The van der Waals surface area contributed by atoms with Crippen molar-refractivity contribution in [1.29, 1.82) is 0 Å². The molecule has 1 aliphatic heterocycles. The zero-order valence-electron chi connectivity index (χ0n) is 14.7. The number of carbonyl (C=O) groups is 1. The van der Waals surface area contributed by atoms with E-state index >= 15 is 0 Å². The lowest BCUT2D eigenvalue weighted by atomic mass is 9.86. The van der Waals surface area contributed by atoms with Gasteiger partial charge in [-0.05, 0) is 69.7 Å². The standard InChI is InChI=1S/C20H30N2O2/c1-15-4-2-3-13-22(15)14-16-5-9-18(10-6-16)21-19-11-7-17(8-12-19)20(23)24/h5-6,9-10,15,17,19,21H,2-4,7-8,11-14H2,1H3,(H,23,24). The van der Waals surface area contributed by atoms with Crippen molar-refractivity contribution in [2.45, 2.75) is 70.5 Å². The molecule has 132 valence electrons. The summed E-state index contributed by atoms with van der Waals surface area (Å²) in [5.74, 6) is -0.776. The van der Waals surface area contributed by atoms with Gasteiger partial charge in [0.1, 0.15) is 0 Å². The highest BCUT2D eigenvalue weighted by Gasteiger charge is 2.25. The highest BCUT2D eigenvalue weighted by Crippen LogP contribution is 2.27. The van der Waals surface area contributed by atoms with Gasteiger partial charge in [-0.15, -0.1) is 0 Å². The second-order valence-corrected chi connectivity index (χ2v) is 7.54. The molecule has 1 heterocycles. The van der Waals surface area contributed by atoms with E-state index in [-0.39, 0.29) is 5.92 Å². The van der Waals surface area contributed by atoms with Gasteiger partial charge in [0, 0.05) is 24.3 Å². The first-order valence-electron chi connectivity index (χ1n) is 9.44. The zero-order chi connectivity index (χ0) is 16.9. The normalized spacial score (nSPS) is 28.5. The van der Waals surface area contributed by atoms with Gasteiger partial charge in [-0.3, -0.25) is 9.69 Å². The summed E-state index contributed by atoms with van der Waals surface area (Å²) in [6.45, 7) is 4.60. The number of carboxylic acid groups (broad SMARTS) is 1. The summed E-state index contributed by atoms with van der Waals surface area (Å²) in [7, 11) is 0. The molecule has 0 spiro atoms. The molecule has 1 unspecified atom stereocenters. The van der Waals surface area contributed by atoms with Crippen LogP contribution in [0.1, 0.15) is 57.4 Å². The number of benzene rings is 1. The van der Waals surface area contributed by atoms with Crippen LogP contribution in [0.4, 0.5) is 5.69 Å². The lowest BCUT2D eigenvalue weighted by Gasteiger charge is -2.33. The third-order valence-corrected chi connectivity index (χ3v) is 5.73. The van der Waals surface area contributed by atoms with Crippen LogP contribution in [0.25, 0.3) is 0 Å². The predicted octanol–water partition coefficient (Wildman–Crippen LogP) is 4.12. The Bertz CT molecular complexity index is 535. The molecule has 1 aromatic rings. The minimum Gasteiger partial charge on any atom is -0.481 e. The van der Waals surface area contributed by atoms with Crippen molar-refractivity contribution in [3.05, 3.63) is 29.8 Å². The Morgan fingerprint density at radius 1 is 1.12 bits per heavy atom. The third-order valence-electron chi connectivity index (χ3n) is 5.73. The van der Waals surface area contributed by atoms with E-state index in [2.05, 4.69) is 41.4 Å². The molecule has 0 radical (unpaired) electrons. The van der Waals surface area contributed by atoms with Gasteiger partial charge < -0.3 is 10.4 Å². The SMILES string of the molecule is CC1CCCCN1Cc1ccc(NC2CCC(C(=O)O)CC2)cc1. The lowest BCUT2D eigenvalue weighted by molar-refractivity contribution is -0.142. The van der Waals surface area contributed by atoms with Gasteiger partial charge in [0.2, 0.25) is 0 Å². The Kier molecular flexibility index (Phi) is 5.77. The number of nitrogens with one attached hydrogen (secondary N) is 1. The smallest absolute Gasteiger partial charge is 0.306 e. The van der Waals surface area contributed by atoms with E-state index in [4.69, 9.17) is 5.11 Å². The molecule has 24 heavy (non-hydrogen) atoms. The van der Waals surface area contributed by atoms with E-state index in [1.165, 1.54) is 31.4 Å². The summed E-state index contributed by atoms with van der Waals surface area (Å²) in [4.78, 5) is 13.6. The predicted molar refractivity (Wildman–Crippen MR) is 97.2 cm³/mol. The van der Waals surface area contributed by atoms with Crippen LogP contribution in [0.5, 0.6) is 0 Å². The van der Waals surface area contributed by atoms with Gasteiger partial charge >= 0.3 is 5.97 Å². The molecular weight excluding hydrogens is 300 g/mol. The second kappa shape index (κ2) is 8.02. The van der Waals surface area contributed by atoms with E-state index in [9.17, 15) is 4.79 Å². The molecule has 1 saturated heterocycles. The number of carboxylic acids is 1. The molecule has 1 aliphatic carbocycles. The van der Waals surface area contributed by atoms with Gasteiger partial charge in [0.25, 0.3) is 0 Å². The fourth-order valence-corrected chi connectivity index (χ4v) is 4.05. The Balaban J connectivity index is 1.49. The third kappa shape index (κ3) is 4.50. The Morgan fingerprint density at radius 2 is 1.83 bits per heavy atom. The number of nitrogens with zero attached hydrogens (tertiary/aromatic N) is 1. The van der Waals surface area contributed by atoms with Crippen LogP contribution in [0.3, 0.4) is 0 Å². The number of rotatable bonds is 5. The molecule has 0 amide bonds. The first-order chi connectivity index (χ1) is 11.6. The van der Waals surface area contributed by atoms with Crippen LogP contribution in [-0.4, -0.2) is 34.6 Å². The maximum Gasteiger partial charge on any atom is 0.306 e. The number of likely N-dealkylation sites (tertiary alicyclic amines) is 1. The average molecular weight is 330 g/mol. The summed E-state index contributed by atoms with van der Waals surface area (Å²) in [6.07, 6.45) is 7.48. The molecule has 4 heteroatoms. The van der Waals surface area contributed by atoms with Crippen LogP contribution >= 0.6 is 0 Å². The van der Waals surface area contributed by atoms with Gasteiger partial charge in [0.05, 0.1) is 5.92 Å². The Morgan fingerprint density at radius 3 is 2.46 bits per heavy atom. The number of hydrogen-bond donors (Lipinski definition) is 2. The van der Waals surface area contributed by atoms with Crippen molar-refractivity contribution in [2.24, 2.45) is 5.92 Å². The molecule has 4 nitrogen and oxygen atoms in total. The van der Waals surface area contributed by atoms with Crippen LogP contribution in [-0.2, 0) is 11.3 Å². The van der Waals surface area contributed by atoms with Crippen LogP contribution in [0.15, 0.2) is 24.3 Å². The van der Waals surface area contributed by atoms with Gasteiger partial charge in [-0.25, -0.2) is 0 Å².